The average molecular weight is 473 g/mol. The van der Waals surface area contributed by atoms with Crippen molar-refractivity contribution in [3.05, 3.63) is 11.1 Å². The van der Waals surface area contributed by atoms with Gasteiger partial charge in [-0.3, -0.25) is 9.59 Å². The van der Waals surface area contributed by atoms with Gasteiger partial charge >= 0.3 is 0 Å². The number of carbonyl (C=O) groups is 2. The quantitative estimate of drug-likeness (QED) is 0.489. The van der Waals surface area contributed by atoms with Crippen LogP contribution in [0.4, 0.5) is 0 Å². The summed E-state index contributed by atoms with van der Waals surface area (Å²) in [5, 5.41) is 22.3. The lowest BCUT2D eigenvalue weighted by Crippen LogP contribution is -2.65. The van der Waals surface area contributed by atoms with Crippen LogP contribution in [0.15, 0.2) is 11.1 Å². The molecule has 0 heterocycles. The number of aliphatic hydroxyl groups is 2. The molecule has 4 aliphatic carbocycles. The summed E-state index contributed by atoms with van der Waals surface area (Å²) in [5.41, 5.74) is 2.43. The summed E-state index contributed by atoms with van der Waals surface area (Å²) in [7, 11) is 0. The first kappa shape index (κ1) is 26.1. The van der Waals surface area contributed by atoms with Crippen LogP contribution in [-0.4, -0.2) is 34.0 Å². The summed E-state index contributed by atoms with van der Waals surface area (Å²) < 4.78 is 0. The number of Topliss-reactive ketones (excluding diaryl/α,β-unsaturated/α-hetero) is 2. The Morgan fingerprint density at radius 3 is 2.29 bits per heavy atom. The highest BCUT2D eigenvalue weighted by Gasteiger charge is 2.69. The van der Waals surface area contributed by atoms with Gasteiger partial charge in [-0.15, -0.1) is 0 Å². The molecular weight excluding hydrogens is 424 g/mol. The Labute approximate surface area is 207 Å². The van der Waals surface area contributed by atoms with Crippen molar-refractivity contribution < 1.29 is 19.8 Å². The Morgan fingerprint density at radius 1 is 1.03 bits per heavy atom. The maximum absolute atomic E-state index is 12.9. The molecule has 0 amide bonds. The first-order valence-corrected chi connectivity index (χ1v) is 13.8. The number of allylic oxidation sites excluding steroid dienone is 1. The highest BCUT2D eigenvalue weighted by Crippen LogP contribution is 2.74. The van der Waals surface area contributed by atoms with Gasteiger partial charge in [0.05, 0.1) is 6.10 Å². The van der Waals surface area contributed by atoms with Crippen molar-refractivity contribution in [3.63, 3.8) is 0 Å². The maximum atomic E-state index is 12.9. The van der Waals surface area contributed by atoms with E-state index in [4.69, 9.17) is 0 Å². The van der Waals surface area contributed by atoms with Crippen molar-refractivity contribution in [2.75, 3.05) is 0 Å². The first-order chi connectivity index (χ1) is 15.6. The lowest BCUT2D eigenvalue weighted by molar-refractivity contribution is -0.208. The lowest BCUT2D eigenvalue weighted by atomic mass is 9.36. The Hall–Kier alpha value is -1.00. The van der Waals surface area contributed by atoms with Crippen molar-refractivity contribution in [1.82, 2.24) is 0 Å². The zero-order valence-electron chi connectivity index (χ0n) is 22.8. The van der Waals surface area contributed by atoms with Gasteiger partial charge in [0, 0.05) is 17.8 Å². The third kappa shape index (κ3) is 3.44. The van der Waals surface area contributed by atoms with Crippen molar-refractivity contribution in [2.24, 2.45) is 45.3 Å². The monoisotopic (exact) mass is 472 g/mol. The van der Waals surface area contributed by atoms with E-state index in [2.05, 4.69) is 41.5 Å². The molecule has 4 nitrogen and oxygen atoms in total. The Kier molecular flexibility index (Phi) is 6.34. The van der Waals surface area contributed by atoms with Crippen LogP contribution in [-0.2, 0) is 9.59 Å². The number of rotatable bonds is 5. The fourth-order valence-corrected chi connectivity index (χ4v) is 9.65. The minimum absolute atomic E-state index is 0.0183. The number of fused-ring (bicyclic) bond motifs is 5. The summed E-state index contributed by atoms with van der Waals surface area (Å²) >= 11 is 0. The molecule has 0 saturated heterocycles. The van der Waals surface area contributed by atoms with E-state index < -0.39 is 12.2 Å². The summed E-state index contributed by atoms with van der Waals surface area (Å²) in [6, 6.07) is 0. The smallest absolute Gasteiger partial charge is 0.163 e. The Bertz CT molecular complexity index is 899. The molecule has 0 aliphatic heterocycles. The number of carbonyl (C=O) groups excluding carboxylic acids is 2. The molecule has 0 aromatic heterocycles. The van der Waals surface area contributed by atoms with Gasteiger partial charge in [-0.1, -0.05) is 66.5 Å². The summed E-state index contributed by atoms with van der Waals surface area (Å²) in [6.07, 6.45) is 5.53. The molecule has 192 valence electrons. The Morgan fingerprint density at radius 2 is 1.68 bits per heavy atom. The van der Waals surface area contributed by atoms with Gasteiger partial charge in [-0.05, 0) is 78.9 Å². The number of ketones is 2. The van der Waals surface area contributed by atoms with Crippen LogP contribution in [0, 0.1) is 45.3 Å². The fourth-order valence-electron chi connectivity index (χ4n) is 9.65. The number of hydrogen-bond donors (Lipinski definition) is 2. The van der Waals surface area contributed by atoms with Gasteiger partial charge in [-0.25, -0.2) is 0 Å². The molecule has 4 rings (SSSR count). The van der Waals surface area contributed by atoms with E-state index in [0.29, 0.717) is 31.0 Å². The van der Waals surface area contributed by atoms with E-state index in [1.165, 1.54) is 11.1 Å². The number of hydrogen-bond acceptors (Lipinski definition) is 4. The van der Waals surface area contributed by atoms with Crippen LogP contribution >= 0.6 is 0 Å². The van der Waals surface area contributed by atoms with Crippen molar-refractivity contribution in [3.8, 4) is 0 Å². The zero-order chi connectivity index (χ0) is 25.4. The molecule has 0 spiro atoms. The van der Waals surface area contributed by atoms with Crippen LogP contribution in [0.5, 0.6) is 0 Å². The highest BCUT2D eigenvalue weighted by atomic mass is 16.3. The van der Waals surface area contributed by atoms with E-state index in [1.807, 2.05) is 13.8 Å². The van der Waals surface area contributed by atoms with E-state index in [1.54, 1.807) is 0 Å². The van der Waals surface area contributed by atoms with Crippen LogP contribution in [0.2, 0.25) is 0 Å². The molecule has 3 saturated carbocycles. The van der Waals surface area contributed by atoms with E-state index in [-0.39, 0.29) is 45.2 Å². The largest absolute Gasteiger partial charge is 0.392 e. The van der Waals surface area contributed by atoms with E-state index >= 15 is 0 Å². The molecule has 34 heavy (non-hydrogen) atoms. The normalized spacial score (nSPS) is 43.3. The third-order valence-electron chi connectivity index (χ3n) is 11.7. The Balaban J connectivity index is 1.69. The second-order valence-electron chi connectivity index (χ2n) is 14.0. The van der Waals surface area contributed by atoms with Crippen LogP contribution < -0.4 is 0 Å². The van der Waals surface area contributed by atoms with Gasteiger partial charge in [0.25, 0.3) is 0 Å². The standard InChI is InChI=1S/C30H48O4/c1-17(2)25(34)21(31)15-18(3)19-9-13-29(7)20(19)16-22(32)26-28(6)12-11-24(33)27(4,5)23(28)10-14-30(26,29)8/h17-18,21-23,26,31-32H,9-16H2,1-8H3/t18-,21-,22+,23+,26+,28+,29+,30+/m1/s1. The zero-order valence-corrected chi connectivity index (χ0v) is 22.8. The van der Waals surface area contributed by atoms with Gasteiger partial charge in [0.15, 0.2) is 5.78 Å². The molecule has 8 atom stereocenters. The second kappa shape index (κ2) is 8.26. The van der Waals surface area contributed by atoms with E-state index in [9.17, 15) is 19.8 Å². The van der Waals surface area contributed by atoms with Gasteiger partial charge < -0.3 is 10.2 Å². The predicted molar refractivity (Wildman–Crippen MR) is 135 cm³/mol. The molecule has 0 bridgehead atoms. The maximum Gasteiger partial charge on any atom is 0.163 e. The van der Waals surface area contributed by atoms with E-state index in [0.717, 1.165) is 32.1 Å². The predicted octanol–water partition coefficient (Wildman–Crippen LogP) is 5.89. The van der Waals surface area contributed by atoms with Crippen LogP contribution in [0.3, 0.4) is 0 Å². The SMILES string of the molecule is CC(C)C(=O)[C@H](O)C[C@@H](C)C1=C2C[C@H](O)[C@H]3[C@@]4(C)CCC(=O)C(C)(C)[C@@H]4CC[C@]3(C)[C@@]2(C)CC1. The first-order valence-electron chi connectivity index (χ1n) is 13.8. The third-order valence-corrected chi connectivity index (χ3v) is 11.7. The highest BCUT2D eigenvalue weighted by molar-refractivity contribution is 5.85. The van der Waals surface area contributed by atoms with Crippen molar-refractivity contribution in [2.45, 2.75) is 119 Å². The molecule has 4 aliphatic rings. The molecule has 2 N–H and O–H groups in total. The summed E-state index contributed by atoms with van der Waals surface area (Å²) in [4.78, 5) is 25.2. The minimum atomic E-state index is -0.914. The molecule has 0 aromatic carbocycles. The molecule has 0 radical (unpaired) electrons. The van der Waals surface area contributed by atoms with Crippen molar-refractivity contribution in [1.29, 1.82) is 0 Å². The summed E-state index contributed by atoms with van der Waals surface area (Å²) in [5.74, 6) is 0.798. The van der Waals surface area contributed by atoms with Crippen LogP contribution in [0.1, 0.15) is 107 Å². The molecule has 0 unspecified atom stereocenters. The molecular formula is C30H48O4. The average Bonchev–Trinajstić information content (AvgIpc) is 3.08. The number of aliphatic hydroxyl groups excluding tert-OH is 2. The van der Waals surface area contributed by atoms with Gasteiger partial charge in [-0.2, -0.15) is 0 Å². The molecule has 4 heteroatoms. The van der Waals surface area contributed by atoms with Gasteiger partial charge in [0.1, 0.15) is 11.9 Å². The second-order valence-corrected chi connectivity index (χ2v) is 14.0. The molecule has 0 aromatic rings. The topological polar surface area (TPSA) is 74.6 Å². The summed E-state index contributed by atoms with van der Waals surface area (Å²) in [6.45, 7) is 17.4. The van der Waals surface area contributed by atoms with Crippen LogP contribution in [0.25, 0.3) is 0 Å². The van der Waals surface area contributed by atoms with Gasteiger partial charge in [0.2, 0.25) is 0 Å². The van der Waals surface area contributed by atoms with Crippen molar-refractivity contribution >= 4 is 11.6 Å². The molecule has 3 fully saturated rings. The minimum Gasteiger partial charge on any atom is -0.392 e. The fraction of sp³-hybridized carbons (Fsp3) is 0.867. The lowest BCUT2D eigenvalue weighted by Gasteiger charge is -2.69.